The molecule has 1 rings (SSSR count). The highest BCUT2D eigenvalue weighted by Crippen LogP contribution is 2.37. The second-order valence-electron chi connectivity index (χ2n) is 6.36. The third-order valence-corrected chi connectivity index (χ3v) is 3.56. The van der Waals surface area contributed by atoms with E-state index in [2.05, 4.69) is 5.48 Å². The molecular formula is C18H23Cl4NO4. The first-order chi connectivity index (χ1) is 12.6. The lowest BCUT2D eigenvalue weighted by Gasteiger charge is -2.20. The molecule has 0 aromatic heterocycles. The van der Waals surface area contributed by atoms with E-state index in [9.17, 15) is 0 Å². The third-order valence-electron chi connectivity index (χ3n) is 2.69. The van der Waals surface area contributed by atoms with E-state index < -0.39 is 0 Å². The van der Waals surface area contributed by atoms with E-state index in [1.165, 1.54) is 6.08 Å². The Labute approximate surface area is 180 Å². The fourth-order valence-electron chi connectivity index (χ4n) is 1.59. The Bertz CT molecular complexity index is 645. The lowest BCUT2D eigenvalue weighted by Crippen LogP contribution is -2.28. The summed E-state index contributed by atoms with van der Waals surface area (Å²) in [7, 11) is 0. The summed E-state index contributed by atoms with van der Waals surface area (Å²) in [5.41, 5.74) is 3.23. The normalized spacial score (nSPS) is 11.8. The van der Waals surface area contributed by atoms with Gasteiger partial charge < -0.3 is 14.2 Å². The Kier molecular flexibility index (Phi) is 10.5. The van der Waals surface area contributed by atoms with Gasteiger partial charge in [0.1, 0.15) is 36.3 Å². The lowest BCUT2D eigenvalue weighted by molar-refractivity contribution is -0.0590. The Morgan fingerprint density at radius 1 is 1.07 bits per heavy atom. The van der Waals surface area contributed by atoms with Gasteiger partial charge in [-0.3, -0.25) is 10.3 Å². The van der Waals surface area contributed by atoms with Gasteiger partial charge in [-0.05, 0) is 33.8 Å². The van der Waals surface area contributed by atoms with Crippen molar-refractivity contribution in [1.82, 2.24) is 5.48 Å². The summed E-state index contributed by atoms with van der Waals surface area (Å²) in [6, 6.07) is 3.19. The number of allylic oxidation sites excluding steroid dienone is 1. The van der Waals surface area contributed by atoms with E-state index >= 15 is 0 Å². The van der Waals surface area contributed by atoms with Crippen molar-refractivity contribution < 1.29 is 19.0 Å². The molecule has 0 spiro atoms. The molecule has 152 valence electrons. The standard InChI is InChI=1S/C18H23Cl4NO4/c1-12(23-27-18(2,3)4)11-24-7-8-26-17-14(19)9-13(10-15(17)20)25-6-5-16(21)22/h5,9-11,23H,6-8H2,1-4H3. The van der Waals surface area contributed by atoms with Crippen molar-refractivity contribution >= 4 is 46.4 Å². The van der Waals surface area contributed by atoms with Crippen LogP contribution in [0.3, 0.4) is 0 Å². The van der Waals surface area contributed by atoms with E-state index in [1.807, 2.05) is 27.7 Å². The predicted octanol–water partition coefficient (Wildman–Crippen LogP) is 6.27. The Hall–Kier alpha value is -0.980. The minimum atomic E-state index is -0.298. The van der Waals surface area contributed by atoms with Crippen LogP contribution in [-0.2, 0) is 9.57 Å². The number of ether oxygens (including phenoxy) is 3. The van der Waals surface area contributed by atoms with Gasteiger partial charge in [0.15, 0.2) is 5.75 Å². The molecule has 0 aliphatic rings. The number of halogens is 4. The minimum Gasteiger partial charge on any atom is -0.496 e. The van der Waals surface area contributed by atoms with Crippen LogP contribution in [0.5, 0.6) is 11.5 Å². The number of rotatable bonds is 10. The molecule has 5 nitrogen and oxygen atoms in total. The molecule has 0 amide bonds. The summed E-state index contributed by atoms with van der Waals surface area (Å²) in [5.74, 6) is 0.831. The smallest absolute Gasteiger partial charge is 0.156 e. The molecule has 0 saturated heterocycles. The van der Waals surface area contributed by atoms with Crippen LogP contribution in [-0.4, -0.2) is 25.4 Å². The van der Waals surface area contributed by atoms with Crippen LogP contribution in [0.1, 0.15) is 27.7 Å². The number of benzene rings is 1. The summed E-state index contributed by atoms with van der Waals surface area (Å²) in [5, 5.41) is 0.649. The maximum Gasteiger partial charge on any atom is 0.156 e. The first-order valence-corrected chi connectivity index (χ1v) is 9.58. The molecule has 9 heteroatoms. The molecular weight excluding hydrogens is 436 g/mol. The quantitative estimate of drug-likeness (QED) is 0.254. The zero-order valence-electron chi connectivity index (χ0n) is 15.6. The topological polar surface area (TPSA) is 49.0 Å². The zero-order chi connectivity index (χ0) is 20.4. The van der Waals surface area contributed by atoms with Gasteiger partial charge in [0.2, 0.25) is 0 Å². The average molecular weight is 459 g/mol. The zero-order valence-corrected chi connectivity index (χ0v) is 18.6. The van der Waals surface area contributed by atoms with Crippen molar-refractivity contribution in [1.29, 1.82) is 0 Å². The van der Waals surface area contributed by atoms with E-state index in [0.29, 0.717) is 28.2 Å². The van der Waals surface area contributed by atoms with Gasteiger partial charge in [-0.25, -0.2) is 0 Å². The number of hydroxylamine groups is 1. The Morgan fingerprint density at radius 2 is 1.70 bits per heavy atom. The van der Waals surface area contributed by atoms with Gasteiger partial charge >= 0.3 is 0 Å². The largest absolute Gasteiger partial charge is 0.496 e. The minimum absolute atomic E-state index is 0.122. The molecule has 0 bridgehead atoms. The fraction of sp³-hybridized carbons (Fsp3) is 0.444. The molecule has 0 fully saturated rings. The Balaban J connectivity index is 2.45. The van der Waals surface area contributed by atoms with Gasteiger partial charge in [0.05, 0.1) is 21.3 Å². The van der Waals surface area contributed by atoms with Crippen molar-refractivity contribution in [2.45, 2.75) is 33.3 Å². The molecule has 0 aliphatic carbocycles. The molecule has 0 saturated carbocycles. The SMILES string of the molecule is CC(=COCCOc1c(Cl)cc(OCC=C(Cl)Cl)cc1Cl)NOC(C)(C)C. The van der Waals surface area contributed by atoms with Crippen molar-refractivity contribution in [2.24, 2.45) is 0 Å². The summed E-state index contributed by atoms with van der Waals surface area (Å²) in [6.45, 7) is 8.40. The van der Waals surface area contributed by atoms with Gasteiger partial charge in [-0.2, -0.15) is 0 Å². The van der Waals surface area contributed by atoms with Gasteiger partial charge in [-0.1, -0.05) is 46.4 Å². The fourth-order valence-corrected chi connectivity index (χ4v) is 2.29. The van der Waals surface area contributed by atoms with Crippen LogP contribution in [0.4, 0.5) is 0 Å². The van der Waals surface area contributed by atoms with Crippen molar-refractivity contribution in [2.75, 3.05) is 19.8 Å². The second-order valence-corrected chi connectivity index (χ2v) is 8.18. The first kappa shape index (κ1) is 24.1. The van der Waals surface area contributed by atoms with E-state index in [1.54, 1.807) is 18.4 Å². The van der Waals surface area contributed by atoms with Crippen LogP contribution in [0.15, 0.2) is 34.7 Å². The van der Waals surface area contributed by atoms with Crippen LogP contribution >= 0.6 is 46.4 Å². The summed E-state index contributed by atoms with van der Waals surface area (Å²) < 4.78 is 16.5. The van der Waals surface area contributed by atoms with Crippen LogP contribution in [0, 0.1) is 0 Å². The maximum atomic E-state index is 6.19. The number of hydrogen-bond donors (Lipinski definition) is 1. The molecule has 1 aromatic rings. The Morgan fingerprint density at radius 3 is 2.26 bits per heavy atom. The van der Waals surface area contributed by atoms with Crippen molar-refractivity contribution in [3.8, 4) is 11.5 Å². The molecule has 0 unspecified atom stereocenters. The molecule has 0 heterocycles. The van der Waals surface area contributed by atoms with E-state index in [0.717, 1.165) is 5.70 Å². The van der Waals surface area contributed by atoms with Gasteiger partial charge in [-0.15, -0.1) is 0 Å². The maximum absolute atomic E-state index is 6.19. The number of nitrogens with one attached hydrogen (secondary N) is 1. The molecule has 0 radical (unpaired) electrons. The lowest BCUT2D eigenvalue weighted by atomic mass is 10.2. The van der Waals surface area contributed by atoms with Crippen molar-refractivity contribution in [3.05, 3.63) is 44.7 Å². The monoisotopic (exact) mass is 457 g/mol. The summed E-state index contributed by atoms with van der Waals surface area (Å²) in [4.78, 5) is 5.41. The molecule has 0 atom stereocenters. The highest BCUT2D eigenvalue weighted by molar-refractivity contribution is 6.55. The highest BCUT2D eigenvalue weighted by Gasteiger charge is 2.11. The first-order valence-electron chi connectivity index (χ1n) is 8.06. The molecule has 0 aliphatic heterocycles. The third kappa shape index (κ3) is 10.8. The van der Waals surface area contributed by atoms with E-state index in [-0.39, 0.29) is 23.3 Å². The molecule has 1 N–H and O–H groups in total. The van der Waals surface area contributed by atoms with Gasteiger partial charge in [0.25, 0.3) is 0 Å². The second kappa shape index (κ2) is 11.8. The van der Waals surface area contributed by atoms with Gasteiger partial charge in [0, 0.05) is 12.1 Å². The molecule has 1 aromatic carbocycles. The number of hydrogen-bond acceptors (Lipinski definition) is 5. The van der Waals surface area contributed by atoms with Crippen LogP contribution in [0.25, 0.3) is 0 Å². The van der Waals surface area contributed by atoms with E-state index in [4.69, 9.17) is 65.5 Å². The average Bonchev–Trinajstić information content (AvgIpc) is 2.53. The summed E-state index contributed by atoms with van der Waals surface area (Å²) in [6.07, 6.45) is 3.05. The molecule has 27 heavy (non-hydrogen) atoms. The van der Waals surface area contributed by atoms with Crippen LogP contribution in [0.2, 0.25) is 10.0 Å². The van der Waals surface area contributed by atoms with Crippen LogP contribution < -0.4 is 15.0 Å². The predicted molar refractivity (Wildman–Crippen MR) is 111 cm³/mol. The van der Waals surface area contributed by atoms with Crippen molar-refractivity contribution in [3.63, 3.8) is 0 Å². The summed E-state index contributed by atoms with van der Waals surface area (Å²) >= 11 is 23.4. The highest BCUT2D eigenvalue weighted by atomic mass is 35.5.